The third-order valence-electron chi connectivity index (χ3n) is 3.69. The summed E-state index contributed by atoms with van der Waals surface area (Å²) in [5.74, 6) is 0.823. The Labute approximate surface area is 165 Å². The van der Waals surface area contributed by atoms with Crippen molar-refractivity contribution >= 4 is 11.8 Å². The molecule has 0 heterocycles. The van der Waals surface area contributed by atoms with Crippen molar-refractivity contribution in [1.82, 2.24) is 0 Å². The first-order chi connectivity index (χ1) is 12.8. The van der Waals surface area contributed by atoms with Gasteiger partial charge in [-0.25, -0.2) is 0 Å². The summed E-state index contributed by atoms with van der Waals surface area (Å²) in [4.78, 5) is 1.60. The SMILES string of the molecule is Cc1ccc(Sc2c(C#N)cc(OC(C)C)c(OC(C)C)c2C#N)c(C)c1. The third-order valence-corrected chi connectivity index (χ3v) is 5.00. The normalized spacial score (nSPS) is 10.6. The smallest absolute Gasteiger partial charge is 0.180 e. The minimum Gasteiger partial charge on any atom is -0.487 e. The van der Waals surface area contributed by atoms with Gasteiger partial charge in [0.25, 0.3) is 0 Å². The summed E-state index contributed by atoms with van der Waals surface area (Å²) in [5, 5.41) is 19.6. The Morgan fingerprint density at radius 2 is 1.59 bits per heavy atom. The lowest BCUT2D eigenvalue weighted by Gasteiger charge is -2.20. The molecule has 0 aliphatic carbocycles. The number of hydrogen-bond donors (Lipinski definition) is 0. The molecule has 2 aromatic rings. The van der Waals surface area contributed by atoms with Crippen molar-refractivity contribution in [3.8, 4) is 23.6 Å². The summed E-state index contributed by atoms with van der Waals surface area (Å²) in [5.41, 5.74) is 3.01. The summed E-state index contributed by atoms with van der Waals surface area (Å²) < 4.78 is 11.8. The first-order valence-electron chi connectivity index (χ1n) is 8.86. The van der Waals surface area contributed by atoms with Crippen molar-refractivity contribution in [2.45, 2.75) is 63.5 Å². The second-order valence-corrected chi connectivity index (χ2v) is 7.94. The van der Waals surface area contributed by atoms with Crippen LogP contribution in [-0.4, -0.2) is 12.2 Å². The average Bonchev–Trinajstić information content (AvgIpc) is 2.58. The standard InChI is InChI=1S/C22H24N2O2S/c1-13(2)25-19-10-17(11-23)22(18(12-24)21(19)26-14(3)4)27-20-8-7-15(5)9-16(20)6/h7-10,13-14H,1-6H3. The predicted molar refractivity (Wildman–Crippen MR) is 107 cm³/mol. The number of aryl methyl sites for hydroxylation is 2. The molecule has 0 saturated carbocycles. The van der Waals surface area contributed by atoms with Crippen LogP contribution in [0.15, 0.2) is 34.1 Å². The molecule has 2 rings (SSSR count). The zero-order chi connectivity index (χ0) is 20.1. The molecule has 0 N–H and O–H groups in total. The van der Waals surface area contributed by atoms with Crippen LogP contribution >= 0.6 is 11.8 Å². The van der Waals surface area contributed by atoms with Crippen LogP contribution in [0, 0.1) is 36.5 Å². The molecule has 5 heteroatoms. The van der Waals surface area contributed by atoms with E-state index in [9.17, 15) is 10.5 Å². The van der Waals surface area contributed by atoms with Gasteiger partial charge in [0.1, 0.15) is 17.7 Å². The lowest BCUT2D eigenvalue weighted by molar-refractivity contribution is 0.197. The Morgan fingerprint density at radius 3 is 2.11 bits per heavy atom. The van der Waals surface area contributed by atoms with Gasteiger partial charge in [-0.1, -0.05) is 29.5 Å². The Balaban J connectivity index is 2.68. The monoisotopic (exact) mass is 380 g/mol. The number of nitriles is 2. The van der Waals surface area contributed by atoms with Crippen molar-refractivity contribution in [1.29, 1.82) is 10.5 Å². The largest absolute Gasteiger partial charge is 0.487 e. The highest BCUT2D eigenvalue weighted by Gasteiger charge is 2.23. The lowest BCUT2D eigenvalue weighted by atomic mass is 10.1. The van der Waals surface area contributed by atoms with E-state index in [2.05, 4.69) is 18.2 Å². The molecule has 0 radical (unpaired) electrons. The van der Waals surface area contributed by atoms with Crippen molar-refractivity contribution in [3.63, 3.8) is 0 Å². The van der Waals surface area contributed by atoms with Gasteiger partial charge in [-0.15, -0.1) is 0 Å². The van der Waals surface area contributed by atoms with E-state index in [0.717, 1.165) is 10.5 Å². The van der Waals surface area contributed by atoms with Crippen LogP contribution in [0.5, 0.6) is 11.5 Å². The maximum absolute atomic E-state index is 9.87. The zero-order valence-electron chi connectivity index (χ0n) is 16.6. The number of ether oxygens (including phenoxy) is 2. The van der Waals surface area contributed by atoms with Gasteiger partial charge in [0.15, 0.2) is 11.5 Å². The van der Waals surface area contributed by atoms with Crippen molar-refractivity contribution in [2.24, 2.45) is 0 Å². The predicted octanol–water partition coefficient (Wildman–Crippen LogP) is 5.77. The maximum Gasteiger partial charge on any atom is 0.180 e. The van der Waals surface area contributed by atoms with E-state index < -0.39 is 0 Å². The minimum atomic E-state index is -0.126. The third kappa shape index (κ3) is 4.96. The van der Waals surface area contributed by atoms with E-state index in [1.807, 2.05) is 53.7 Å². The fraction of sp³-hybridized carbons (Fsp3) is 0.364. The highest BCUT2D eigenvalue weighted by molar-refractivity contribution is 7.99. The van der Waals surface area contributed by atoms with Crippen molar-refractivity contribution in [2.75, 3.05) is 0 Å². The second kappa shape index (κ2) is 8.84. The van der Waals surface area contributed by atoms with Gasteiger partial charge in [-0.2, -0.15) is 10.5 Å². The number of rotatable bonds is 6. The molecule has 0 atom stereocenters. The van der Waals surface area contributed by atoms with Crippen molar-refractivity contribution in [3.05, 3.63) is 46.5 Å². The zero-order valence-corrected chi connectivity index (χ0v) is 17.4. The van der Waals surface area contributed by atoms with E-state index in [0.29, 0.717) is 27.5 Å². The Hall–Kier alpha value is -2.63. The van der Waals surface area contributed by atoms with E-state index in [1.54, 1.807) is 6.07 Å². The van der Waals surface area contributed by atoms with Crippen LogP contribution in [0.2, 0.25) is 0 Å². The molecule has 0 saturated heterocycles. The van der Waals surface area contributed by atoms with Crippen LogP contribution < -0.4 is 9.47 Å². The summed E-state index contributed by atoms with van der Waals surface area (Å²) in [6, 6.07) is 12.2. The molecule has 0 bridgehead atoms. The first kappa shape index (κ1) is 20.7. The van der Waals surface area contributed by atoms with Crippen LogP contribution in [-0.2, 0) is 0 Å². The molecule has 140 valence electrons. The lowest BCUT2D eigenvalue weighted by Crippen LogP contribution is -2.13. The van der Waals surface area contributed by atoms with Gasteiger partial charge < -0.3 is 9.47 Å². The molecule has 0 aliphatic rings. The highest BCUT2D eigenvalue weighted by atomic mass is 32.2. The Morgan fingerprint density at radius 1 is 0.926 bits per heavy atom. The fourth-order valence-corrected chi connectivity index (χ4v) is 3.66. The van der Waals surface area contributed by atoms with Gasteiger partial charge in [-0.05, 0) is 53.2 Å². The highest BCUT2D eigenvalue weighted by Crippen LogP contribution is 2.44. The van der Waals surface area contributed by atoms with Crippen molar-refractivity contribution < 1.29 is 9.47 Å². The second-order valence-electron chi connectivity index (χ2n) is 6.88. The Kier molecular flexibility index (Phi) is 6.77. The average molecular weight is 381 g/mol. The van der Waals surface area contributed by atoms with Gasteiger partial charge in [0.2, 0.25) is 0 Å². The number of hydrogen-bond acceptors (Lipinski definition) is 5. The maximum atomic E-state index is 9.87. The summed E-state index contributed by atoms with van der Waals surface area (Å²) in [7, 11) is 0. The van der Waals surface area contributed by atoms with Gasteiger partial charge in [0.05, 0.1) is 22.7 Å². The molecular weight excluding hydrogens is 356 g/mol. The summed E-state index contributed by atoms with van der Waals surface area (Å²) in [6.45, 7) is 11.7. The summed E-state index contributed by atoms with van der Waals surface area (Å²) in [6.07, 6.45) is -0.228. The molecule has 0 aromatic heterocycles. The first-order valence-corrected chi connectivity index (χ1v) is 9.68. The van der Waals surface area contributed by atoms with Crippen LogP contribution in [0.4, 0.5) is 0 Å². The van der Waals surface area contributed by atoms with E-state index in [-0.39, 0.29) is 12.2 Å². The fourth-order valence-electron chi connectivity index (χ4n) is 2.63. The molecule has 4 nitrogen and oxygen atoms in total. The Bertz CT molecular complexity index is 921. The quantitative estimate of drug-likeness (QED) is 0.636. The molecule has 27 heavy (non-hydrogen) atoms. The molecule has 0 amide bonds. The molecule has 2 aromatic carbocycles. The van der Waals surface area contributed by atoms with E-state index in [4.69, 9.17) is 9.47 Å². The molecule has 0 aliphatic heterocycles. The van der Waals surface area contributed by atoms with E-state index >= 15 is 0 Å². The number of nitrogens with zero attached hydrogens (tertiary/aromatic N) is 2. The van der Waals surface area contributed by atoms with Gasteiger partial charge in [0, 0.05) is 11.0 Å². The van der Waals surface area contributed by atoms with E-state index in [1.165, 1.54) is 17.3 Å². The number of benzene rings is 2. The van der Waals surface area contributed by atoms with Crippen LogP contribution in [0.25, 0.3) is 0 Å². The topological polar surface area (TPSA) is 66.0 Å². The van der Waals surface area contributed by atoms with Gasteiger partial charge >= 0.3 is 0 Å². The minimum absolute atomic E-state index is 0.101. The summed E-state index contributed by atoms with van der Waals surface area (Å²) >= 11 is 1.41. The molecular formula is C22H24N2O2S. The van der Waals surface area contributed by atoms with Gasteiger partial charge in [-0.3, -0.25) is 0 Å². The molecule has 0 spiro atoms. The van der Waals surface area contributed by atoms with Crippen LogP contribution in [0.1, 0.15) is 49.9 Å². The van der Waals surface area contributed by atoms with Crippen LogP contribution in [0.3, 0.4) is 0 Å². The molecule has 0 fully saturated rings. The molecule has 0 unspecified atom stereocenters.